The van der Waals surface area contributed by atoms with E-state index in [1.165, 1.54) is 5.70 Å². The average Bonchev–Trinajstić information content (AvgIpc) is 2.02. The van der Waals surface area contributed by atoms with Gasteiger partial charge in [0.2, 0.25) is 0 Å². The third-order valence-electron chi connectivity index (χ3n) is 2.34. The Hall–Kier alpha value is -0.830. The van der Waals surface area contributed by atoms with Gasteiger partial charge in [-0.15, -0.1) is 0 Å². The molecule has 0 atom stereocenters. The van der Waals surface area contributed by atoms with E-state index in [9.17, 15) is 5.11 Å². The highest BCUT2D eigenvalue weighted by Crippen LogP contribution is 2.26. The highest BCUT2D eigenvalue weighted by Gasteiger charge is 2.37. The first-order chi connectivity index (χ1) is 5.67. The fourth-order valence-electron chi connectivity index (χ4n) is 1.72. The molecule has 12 heavy (non-hydrogen) atoms. The summed E-state index contributed by atoms with van der Waals surface area (Å²) < 4.78 is 0. The zero-order valence-electron chi connectivity index (χ0n) is 7.32. The van der Waals surface area contributed by atoms with Crippen LogP contribution in [0, 0.1) is 0 Å². The quantitative estimate of drug-likeness (QED) is 0.612. The number of likely N-dealkylation sites (tertiary alicyclic amines) is 1. The van der Waals surface area contributed by atoms with Crippen molar-refractivity contribution in [2.75, 3.05) is 19.6 Å². The molecule has 2 rings (SSSR count). The molecule has 0 saturated carbocycles. The van der Waals surface area contributed by atoms with Crippen molar-refractivity contribution in [3.05, 3.63) is 11.8 Å². The van der Waals surface area contributed by atoms with Gasteiger partial charge in [-0.2, -0.15) is 0 Å². The van der Waals surface area contributed by atoms with Crippen LogP contribution in [0.1, 0.15) is 13.3 Å². The van der Waals surface area contributed by atoms with E-state index < -0.39 is 5.60 Å². The maximum absolute atomic E-state index is 9.51. The van der Waals surface area contributed by atoms with Crippen LogP contribution in [0.2, 0.25) is 0 Å². The summed E-state index contributed by atoms with van der Waals surface area (Å²) in [5.41, 5.74) is 0.853. The minimum absolute atomic E-state index is 0.463. The molecule has 2 aliphatic rings. The van der Waals surface area contributed by atoms with Crippen LogP contribution in [0.4, 0.5) is 0 Å². The monoisotopic (exact) mass is 166 g/mol. The zero-order valence-corrected chi connectivity index (χ0v) is 7.32. The topological polar surface area (TPSA) is 35.8 Å². The molecular weight excluding hydrogens is 152 g/mol. The van der Waals surface area contributed by atoms with E-state index in [1.54, 1.807) is 0 Å². The lowest BCUT2D eigenvalue weighted by Crippen LogP contribution is -2.59. The van der Waals surface area contributed by atoms with Crippen molar-refractivity contribution < 1.29 is 5.11 Å². The fraction of sp³-hybridized carbons (Fsp3) is 0.667. The van der Waals surface area contributed by atoms with Gasteiger partial charge in [0.1, 0.15) is 0 Å². The van der Waals surface area contributed by atoms with Crippen molar-refractivity contribution in [3.8, 4) is 0 Å². The van der Waals surface area contributed by atoms with E-state index in [-0.39, 0.29) is 0 Å². The van der Waals surface area contributed by atoms with E-state index >= 15 is 0 Å². The highest BCUT2D eigenvalue weighted by atomic mass is 16.3. The third-order valence-corrected chi connectivity index (χ3v) is 2.34. The highest BCUT2D eigenvalue weighted by molar-refractivity contribution is 5.73. The minimum atomic E-state index is -0.463. The number of hydrogen-bond acceptors (Lipinski definition) is 3. The predicted molar refractivity (Wildman–Crippen MR) is 48.3 cm³/mol. The van der Waals surface area contributed by atoms with Crippen molar-refractivity contribution in [1.29, 1.82) is 0 Å². The Balaban J connectivity index is 1.95. The fourth-order valence-corrected chi connectivity index (χ4v) is 1.72. The van der Waals surface area contributed by atoms with Crippen LogP contribution in [0.5, 0.6) is 0 Å². The van der Waals surface area contributed by atoms with Crippen molar-refractivity contribution in [2.24, 2.45) is 4.99 Å². The van der Waals surface area contributed by atoms with E-state index in [2.05, 4.69) is 9.89 Å². The summed E-state index contributed by atoms with van der Waals surface area (Å²) in [6, 6.07) is 0. The maximum Gasteiger partial charge on any atom is 0.0967 e. The molecule has 2 aliphatic heterocycles. The molecule has 1 saturated heterocycles. The Morgan fingerprint density at radius 1 is 1.58 bits per heavy atom. The Morgan fingerprint density at radius 3 is 2.83 bits per heavy atom. The molecule has 3 nitrogen and oxygen atoms in total. The number of nitrogens with zero attached hydrogens (tertiary/aromatic N) is 2. The summed E-state index contributed by atoms with van der Waals surface area (Å²) in [6.07, 6.45) is 4.91. The van der Waals surface area contributed by atoms with Gasteiger partial charge in [-0.05, 0) is 13.0 Å². The first-order valence-electron chi connectivity index (χ1n) is 4.34. The molecule has 0 amide bonds. The molecule has 3 heteroatoms. The Labute approximate surface area is 72.4 Å². The van der Waals surface area contributed by atoms with Crippen molar-refractivity contribution in [3.63, 3.8) is 0 Å². The second-order valence-electron chi connectivity index (χ2n) is 3.82. The molecule has 1 fully saturated rings. The van der Waals surface area contributed by atoms with Crippen molar-refractivity contribution in [2.45, 2.75) is 18.9 Å². The van der Waals surface area contributed by atoms with Crippen molar-refractivity contribution >= 4 is 6.21 Å². The smallest absolute Gasteiger partial charge is 0.0967 e. The van der Waals surface area contributed by atoms with Crippen LogP contribution < -0.4 is 0 Å². The zero-order chi connectivity index (χ0) is 8.60. The van der Waals surface area contributed by atoms with E-state index in [4.69, 9.17) is 0 Å². The molecule has 0 bridgehead atoms. The SMILES string of the molecule is CC1(O)CN(C2=CC=NCC2)C1. The average molecular weight is 166 g/mol. The number of β-amino-alcohol motifs (C(OH)–C–C–N with tert-alkyl or cyclic N) is 1. The molecule has 0 spiro atoms. The Bertz CT molecular complexity index is 235. The van der Waals surface area contributed by atoms with E-state index in [0.717, 1.165) is 26.1 Å². The molecule has 2 heterocycles. The van der Waals surface area contributed by atoms with Crippen LogP contribution in [-0.4, -0.2) is 41.5 Å². The van der Waals surface area contributed by atoms with Crippen LogP contribution >= 0.6 is 0 Å². The summed E-state index contributed by atoms with van der Waals surface area (Å²) in [4.78, 5) is 6.33. The van der Waals surface area contributed by atoms with Gasteiger partial charge < -0.3 is 10.0 Å². The molecule has 66 valence electrons. The molecule has 0 radical (unpaired) electrons. The van der Waals surface area contributed by atoms with Gasteiger partial charge in [0.05, 0.1) is 5.60 Å². The van der Waals surface area contributed by atoms with Gasteiger partial charge in [-0.3, -0.25) is 4.99 Å². The number of dihydropyridines is 1. The van der Waals surface area contributed by atoms with Gasteiger partial charge in [0.15, 0.2) is 0 Å². The van der Waals surface area contributed by atoms with Gasteiger partial charge in [0.25, 0.3) is 0 Å². The molecule has 1 N–H and O–H groups in total. The first kappa shape index (κ1) is 7.80. The molecule has 0 aromatic rings. The second kappa shape index (κ2) is 2.59. The van der Waals surface area contributed by atoms with Gasteiger partial charge in [0, 0.05) is 38.0 Å². The normalized spacial score (nSPS) is 26.5. The Kier molecular flexibility index (Phi) is 1.68. The Morgan fingerprint density at radius 2 is 2.33 bits per heavy atom. The molecule has 0 unspecified atom stereocenters. The van der Waals surface area contributed by atoms with Gasteiger partial charge >= 0.3 is 0 Å². The molecular formula is C9H14N2O. The summed E-state index contributed by atoms with van der Waals surface area (Å²) in [6.45, 7) is 4.31. The lowest BCUT2D eigenvalue weighted by molar-refractivity contribution is -0.0677. The van der Waals surface area contributed by atoms with Crippen LogP contribution in [0.25, 0.3) is 0 Å². The van der Waals surface area contributed by atoms with Crippen LogP contribution in [-0.2, 0) is 0 Å². The molecule has 0 aromatic heterocycles. The summed E-state index contributed by atoms with van der Waals surface area (Å²) in [7, 11) is 0. The molecule has 0 aliphatic carbocycles. The number of allylic oxidation sites excluding steroid dienone is 1. The minimum Gasteiger partial charge on any atom is -0.386 e. The second-order valence-corrected chi connectivity index (χ2v) is 3.82. The van der Waals surface area contributed by atoms with Crippen LogP contribution in [0.3, 0.4) is 0 Å². The number of hydrogen-bond donors (Lipinski definition) is 1. The molecule has 0 aromatic carbocycles. The summed E-state index contributed by atoms with van der Waals surface area (Å²) in [5.74, 6) is 0. The summed E-state index contributed by atoms with van der Waals surface area (Å²) >= 11 is 0. The number of rotatable bonds is 1. The van der Waals surface area contributed by atoms with E-state index in [1.807, 2.05) is 19.2 Å². The summed E-state index contributed by atoms with van der Waals surface area (Å²) in [5, 5.41) is 9.51. The predicted octanol–water partition coefficient (Wildman–Crippen LogP) is 0.411. The lowest BCUT2D eigenvalue weighted by atomic mass is 9.95. The first-order valence-corrected chi connectivity index (χ1v) is 4.34. The third kappa shape index (κ3) is 1.37. The standard InChI is InChI=1S/C9H14N2O/c1-9(12)6-11(7-9)8-2-4-10-5-3-8/h2,4,12H,3,5-7H2,1H3. The maximum atomic E-state index is 9.51. The van der Waals surface area contributed by atoms with Gasteiger partial charge in [-0.1, -0.05) is 0 Å². The number of aliphatic imine (C=N–C) groups is 1. The lowest BCUT2D eigenvalue weighted by Gasteiger charge is -2.47. The van der Waals surface area contributed by atoms with Crippen LogP contribution in [0.15, 0.2) is 16.8 Å². The largest absolute Gasteiger partial charge is 0.386 e. The number of aliphatic hydroxyl groups is 1. The van der Waals surface area contributed by atoms with Gasteiger partial charge in [-0.25, -0.2) is 0 Å². The van der Waals surface area contributed by atoms with E-state index in [0.29, 0.717) is 0 Å². The van der Waals surface area contributed by atoms with Crippen molar-refractivity contribution in [1.82, 2.24) is 4.90 Å².